The van der Waals surface area contributed by atoms with Gasteiger partial charge in [-0.15, -0.1) is 0 Å². The first-order valence-corrected chi connectivity index (χ1v) is 12.4. The van der Waals surface area contributed by atoms with Gasteiger partial charge in [-0.05, 0) is 0 Å². The van der Waals surface area contributed by atoms with E-state index < -0.39 is 126 Å². The highest BCUT2D eigenvalue weighted by atomic mass is 16.6. The third-order valence-corrected chi connectivity index (χ3v) is 3.99. The molecule has 0 bridgehead atoms. The predicted molar refractivity (Wildman–Crippen MR) is 130 cm³/mol. The van der Waals surface area contributed by atoms with Crippen LogP contribution in [0.1, 0.15) is 26.7 Å². The average Bonchev–Trinajstić information content (AvgIpc) is 3.01. The van der Waals surface area contributed by atoms with Crippen molar-refractivity contribution in [2.75, 3.05) is 66.1 Å². The summed E-state index contributed by atoms with van der Waals surface area (Å²) in [5.74, 6) is -10.0. The fourth-order valence-electron chi connectivity index (χ4n) is 1.96. The molecule has 0 aliphatic heterocycles. The van der Waals surface area contributed by atoms with Gasteiger partial charge in [0, 0.05) is 12.8 Å². The zero-order valence-corrected chi connectivity index (χ0v) is 23.7. The van der Waals surface area contributed by atoms with Crippen LogP contribution in [0, 0.1) is 0 Å². The SMILES string of the molecule is CCC(=O)OCC(=O)OCC(=O)OCC(=O)OCC(=O)OCCOC(=O)COC(=O)COC(=O)COC(=O)COC(=O)CC. The van der Waals surface area contributed by atoms with Crippen molar-refractivity contribution in [3.05, 3.63) is 0 Å². The number of ether oxygens (including phenoxy) is 10. The van der Waals surface area contributed by atoms with Crippen LogP contribution in [0.3, 0.4) is 0 Å². The standard InChI is InChI=1S/C24H30O20/c1-3-15(25)37-9-19(29)41-13-23(33)43-11-21(31)39-7-17(27)35-5-6-36-18(28)8-40-22(32)12-44-24(34)14-42-20(30)10-38-16(26)4-2/h3-14H2,1-2H3. The molecule has 0 unspecified atom stereocenters. The molecule has 20 nitrogen and oxygen atoms in total. The minimum atomic E-state index is -1.15. The molecule has 0 spiro atoms. The maximum atomic E-state index is 11.5. The van der Waals surface area contributed by atoms with Crippen molar-refractivity contribution >= 4 is 59.7 Å². The Morgan fingerprint density at radius 1 is 0.273 bits per heavy atom. The molecule has 0 rings (SSSR count). The van der Waals surface area contributed by atoms with Crippen LogP contribution in [-0.2, 0) is 95.3 Å². The Kier molecular flexibility index (Phi) is 20.5. The third kappa shape index (κ3) is 22.4. The van der Waals surface area contributed by atoms with E-state index in [0.717, 1.165) is 0 Å². The van der Waals surface area contributed by atoms with E-state index in [1.165, 1.54) is 13.8 Å². The average molecular weight is 638 g/mol. The lowest BCUT2D eigenvalue weighted by Gasteiger charge is -2.09. The Hall–Kier alpha value is -5.30. The van der Waals surface area contributed by atoms with Crippen molar-refractivity contribution in [2.45, 2.75) is 26.7 Å². The zero-order valence-electron chi connectivity index (χ0n) is 23.7. The predicted octanol–water partition coefficient (Wildman–Crippen LogP) is -2.76. The van der Waals surface area contributed by atoms with Crippen LogP contribution in [0.4, 0.5) is 0 Å². The smallest absolute Gasteiger partial charge is 0.344 e. The Morgan fingerprint density at radius 3 is 0.614 bits per heavy atom. The highest BCUT2D eigenvalue weighted by molar-refractivity contribution is 5.83. The summed E-state index contributed by atoms with van der Waals surface area (Å²) in [6.07, 6.45) is 0.0738. The summed E-state index contributed by atoms with van der Waals surface area (Å²) in [6.45, 7) is -4.71. The molecule has 44 heavy (non-hydrogen) atoms. The lowest BCUT2D eigenvalue weighted by atomic mass is 10.5. The zero-order chi connectivity index (χ0) is 33.3. The van der Waals surface area contributed by atoms with E-state index in [1.54, 1.807) is 0 Å². The molecule has 0 heterocycles. The largest absolute Gasteiger partial charge is 0.460 e. The summed E-state index contributed by atoms with van der Waals surface area (Å²) in [7, 11) is 0. The minimum Gasteiger partial charge on any atom is -0.460 e. The molecule has 0 saturated carbocycles. The lowest BCUT2D eigenvalue weighted by molar-refractivity contribution is -0.171. The van der Waals surface area contributed by atoms with Gasteiger partial charge in [0.2, 0.25) is 0 Å². The number of rotatable bonds is 21. The van der Waals surface area contributed by atoms with Gasteiger partial charge in [-0.25, -0.2) is 38.4 Å². The highest BCUT2D eigenvalue weighted by Crippen LogP contribution is 1.93. The maximum Gasteiger partial charge on any atom is 0.344 e. The van der Waals surface area contributed by atoms with E-state index in [1.807, 2.05) is 0 Å². The first-order chi connectivity index (χ1) is 20.9. The number of carbonyl (C=O) groups excluding carboxylic acids is 10. The van der Waals surface area contributed by atoms with Gasteiger partial charge in [0.25, 0.3) is 0 Å². The summed E-state index contributed by atoms with van der Waals surface area (Å²) in [4.78, 5) is 113. The fourth-order valence-corrected chi connectivity index (χ4v) is 1.96. The molecule has 0 atom stereocenters. The van der Waals surface area contributed by atoms with Gasteiger partial charge in [-0.3, -0.25) is 9.59 Å². The van der Waals surface area contributed by atoms with E-state index in [4.69, 9.17) is 0 Å². The Balaban J connectivity index is 3.88. The summed E-state index contributed by atoms with van der Waals surface area (Å²) >= 11 is 0. The van der Waals surface area contributed by atoms with Crippen LogP contribution in [0.2, 0.25) is 0 Å². The van der Waals surface area contributed by atoms with Crippen LogP contribution >= 0.6 is 0 Å². The summed E-state index contributed by atoms with van der Waals surface area (Å²) in [5.41, 5.74) is 0. The highest BCUT2D eigenvalue weighted by Gasteiger charge is 2.16. The minimum absolute atomic E-state index is 0.0369. The van der Waals surface area contributed by atoms with Crippen LogP contribution in [-0.4, -0.2) is 126 Å². The van der Waals surface area contributed by atoms with Crippen molar-refractivity contribution in [3.8, 4) is 0 Å². The van der Waals surface area contributed by atoms with Crippen LogP contribution < -0.4 is 0 Å². The first-order valence-electron chi connectivity index (χ1n) is 12.4. The van der Waals surface area contributed by atoms with Crippen molar-refractivity contribution in [1.29, 1.82) is 0 Å². The van der Waals surface area contributed by atoms with E-state index in [-0.39, 0.29) is 12.8 Å². The Morgan fingerprint density at radius 2 is 0.432 bits per heavy atom. The van der Waals surface area contributed by atoms with Crippen molar-refractivity contribution in [3.63, 3.8) is 0 Å². The molecule has 0 aromatic carbocycles. The second-order valence-electron chi connectivity index (χ2n) is 7.43. The van der Waals surface area contributed by atoms with Crippen molar-refractivity contribution < 1.29 is 95.3 Å². The van der Waals surface area contributed by atoms with Crippen molar-refractivity contribution in [1.82, 2.24) is 0 Å². The molecule has 0 aliphatic rings. The van der Waals surface area contributed by atoms with Gasteiger partial charge in [-0.1, -0.05) is 13.8 Å². The molecule has 246 valence electrons. The van der Waals surface area contributed by atoms with Gasteiger partial charge in [0.1, 0.15) is 13.2 Å². The molecule has 0 aromatic heterocycles. The molecule has 0 saturated heterocycles. The number of esters is 10. The quantitative estimate of drug-likeness (QED) is 0.0700. The van der Waals surface area contributed by atoms with Gasteiger partial charge in [0.05, 0.1) is 0 Å². The van der Waals surface area contributed by atoms with E-state index in [0.29, 0.717) is 0 Å². The van der Waals surface area contributed by atoms with E-state index in [2.05, 4.69) is 47.4 Å². The summed E-state index contributed by atoms with van der Waals surface area (Å²) in [5, 5.41) is 0. The fraction of sp³-hybridized carbons (Fsp3) is 0.583. The van der Waals surface area contributed by atoms with Crippen LogP contribution in [0.5, 0.6) is 0 Å². The topological polar surface area (TPSA) is 263 Å². The Labute approximate surface area is 248 Å². The van der Waals surface area contributed by atoms with Crippen LogP contribution in [0.15, 0.2) is 0 Å². The second-order valence-corrected chi connectivity index (χ2v) is 7.43. The second kappa shape index (κ2) is 23.3. The van der Waals surface area contributed by atoms with Gasteiger partial charge < -0.3 is 47.4 Å². The number of hydrogen-bond acceptors (Lipinski definition) is 20. The molecule has 0 aliphatic carbocycles. The summed E-state index contributed by atoms with van der Waals surface area (Å²) in [6, 6.07) is 0. The first kappa shape index (κ1) is 38.7. The molecular formula is C24H30O20. The molecular weight excluding hydrogens is 608 g/mol. The lowest BCUT2D eigenvalue weighted by Crippen LogP contribution is -2.26. The van der Waals surface area contributed by atoms with E-state index >= 15 is 0 Å². The molecule has 0 fully saturated rings. The van der Waals surface area contributed by atoms with Gasteiger partial charge in [0.15, 0.2) is 52.9 Å². The molecule has 0 amide bonds. The van der Waals surface area contributed by atoms with Gasteiger partial charge in [-0.2, -0.15) is 0 Å². The van der Waals surface area contributed by atoms with E-state index in [9.17, 15) is 47.9 Å². The van der Waals surface area contributed by atoms with Gasteiger partial charge >= 0.3 is 59.7 Å². The maximum absolute atomic E-state index is 11.5. The molecule has 0 aromatic rings. The molecule has 0 radical (unpaired) electrons. The molecule has 20 heteroatoms. The number of carbonyl (C=O) groups is 10. The number of hydrogen-bond donors (Lipinski definition) is 0. The van der Waals surface area contributed by atoms with Crippen molar-refractivity contribution in [2.24, 2.45) is 0 Å². The van der Waals surface area contributed by atoms with Crippen LogP contribution in [0.25, 0.3) is 0 Å². The normalized spacial score (nSPS) is 9.77. The summed E-state index contributed by atoms with van der Waals surface area (Å²) < 4.78 is 45.0. The monoisotopic (exact) mass is 638 g/mol. The molecule has 0 N–H and O–H groups in total. The Bertz CT molecular complexity index is 964. The third-order valence-electron chi connectivity index (χ3n) is 3.99.